The van der Waals surface area contributed by atoms with E-state index < -0.39 is 0 Å². The van der Waals surface area contributed by atoms with E-state index in [1.54, 1.807) is 14.2 Å². The first kappa shape index (κ1) is 17.6. The summed E-state index contributed by atoms with van der Waals surface area (Å²) in [6.45, 7) is 9.57. The van der Waals surface area contributed by atoms with Crippen LogP contribution in [0.3, 0.4) is 0 Å². The first-order valence-corrected chi connectivity index (χ1v) is 8.86. The molecule has 134 valence electrons. The quantitative estimate of drug-likeness (QED) is 0.830. The van der Waals surface area contributed by atoms with Crippen molar-refractivity contribution in [2.75, 3.05) is 45.3 Å². The van der Waals surface area contributed by atoms with Crippen molar-refractivity contribution in [3.63, 3.8) is 0 Å². The molecule has 25 heavy (non-hydrogen) atoms. The number of benzene rings is 2. The third-order valence-corrected chi connectivity index (χ3v) is 5.06. The highest BCUT2D eigenvalue weighted by atomic mass is 16.5. The lowest BCUT2D eigenvalue weighted by Crippen LogP contribution is -2.46. The molecule has 0 unspecified atom stereocenters. The molecule has 4 heteroatoms. The summed E-state index contributed by atoms with van der Waals surface area (Å²) in [6.07, 6.45) is 0. The van der Waals surface area contributed by atoms with Gasteiger partial charge in [0.2, 0.25) is 0 Å². The number of methoxy groups -OCH3 is 2. The monoisotopic (exact) mass is 340 g/mol. The number of piperazine rings is 1. The molecule has 1 aliphatic heterocycles. The summed E-state index contributed by atoms with van der Waals surface area (Å²) >= 11 is 0. The van der Waals surface area contributed by atoms with Crippen LogP contribution in [0.2, 0.25) is 0 Å². The first-order chi connectivity index (χ1) is 12.1. The average Bonchev–Trinajstić information content (AvgIpc) is 2.65. The molecule has 0 amide bonds. The zero-order valence-corrected chi connectivity index (χ0v) is 15.7. The molecule has 0 atom stereocenters. The molecule has 0 aromatic heterocycles. The summed E-state index contributed by atoms with van der Waals surface area (Å²) in [4.78, 5) is 4.98. The fourth-order valence-corrected chi connectivity index (χ4v) is 3.44. The van der Waals surface area contributed by atoms with Crippen LogP contribution in [0.4, 0.5) is 5.69 Å². The van der Waals surface area contributed by atoms with Gasteiger partial charge in [-0.1, -0.05) is 6.07 Å². The number of rotatable bonds is 5. The Balaban J connectivity index is 1.60. The minimum atomic E-state index is 0.910. The van der Waals surface area contributed by atoms with Crippen LogP contribution in [0.25, 0.3) is 0 Å². The van der Waals surface area contributed by atoms with Crippen LogP contribution in [0.15, 0.2) is 36.4 Å². The van der Waals surface area contributed by atoms with E-state index in [-0.39, 0.29) is 0 Å². The normalized spacial score (nSPS) is 15.3. The van der Waals surface area contributed by atoms with Gasteiger partial charge >= 0.3 is 0 Å². The lowest BCUT2D eigenvalue weighted by Gasteiger charge is -2.36. The van der Waals surface area contributed by atoms with Gasteiger partial charge in [-0.2, -0.15) is 0 Å². The second-order valence-corrected chi connectivity index (χ2v) is 6.71. The lowest BCUT2D eigenvalue weighted by molar-refractivity contribution is 0.249. The third kappa shape index (κ3) is 4.07. The van der Waals surface area contributed by atoms with Crippen molar-refractivity contribution in [3.05, 3.63) is 53.1 Å². The Kier molecular flexibility index (Phi) is 5.49. The highest BCUT2D eigenvalue weighted by molar-refractivity contribution is 5.49. The van der Waals surface area contributed by atoms with Crippen LogP contribution in [0, 0.1) is 13.8 Å². The molecule has 1 heterocycles. The number of hydrogen-bond acceptors (Lipinski definition) is 4. The van der Waals surface area contributed by atoms with Crippen molar-refractivity contribution in [2.24, 2.45) is 0 Å². The van der Waals surface area contributed by atoms with Gasteiger partial charge < -0.3 is 14.4 Å². The largest absolute Gasteiger partial charge is 0.497 e. The maximum absolute atomic E-state index is 5.42. The fourth-order valence-electron chi connectivity index (χ4n) is 3.44. The van der Waals surface area contributed by atoms with E-state index in [1.165, 1.54) is 22.4 Å². The van der Waals surface area contributed by atoms with Crippen molar-refractivity contribution in [3.8, 4) is 11.5 Å². The van der Waals surface area contributed by atoms with E-state index in [1.807, 2.05) is 12.1 Å². The van der Waals surface area contributed by atoms with Gasteiger partial charge in [0.1, 0.15) is 11.5 Å². The smallest absolute Gasteiger partial charge is 0.122 e. The van der Waals surface area contributed by atoms with Crippen molar-refractivity contribution in [2.45, 2.75) is 20.4 Å². The topological polar surface area (TPSA) is 24.9 Å². The van der Waals surface area contributed by atoms with Crippen molar-refractivity contribution in [1.29, 1.82) is 0 Å². The van der Waals surface area contributed by atoms with Gasteiger partial charge in [0.25, 0.3) is 0 Å². The van der Waals surface area contributed by atoms with Crippen LogP contribution < -0.4 is 14.4 Å². The molecule has 2 aromatic carbocycles. The minimum Gasteiger partial charge on any atom is -0.497 e. The van der Waals surface area contributed by atoms with E-state index in [9.17, 15) is 0 Å². The molecule has 3 rings (SSSR count). The molecule has 0 N–H and O–H groups in total. The van der Waals surface area contributed by atoms with Crippen LogP contribution in [-0.4, -0.2) is 45.3 Å². The summed E-state index contributed by atoms with van der Waals surface area (Å²) in [5.41, 5.74) is 5.19. The van der Waals surface area contributed by atoms with E-state index in [4.69, 9.17) is 9.47 Å². The zero-order chi connectivity index (χ0) is 17.8. The van der Waals surface area contributed by atoms with Gasteiger partial charge in [0.15, 0.2) is 0 Å². The van der Waals surface area contributed by atoms with Crippen molar-refractivity contribution < 1.29 is 9.47 Å². The molecule has 1 saturated heterocycles. The molecule has 1 aliphatic rings. The van der Waals surface area contributed by atoms with E-state index >= 15 is 0 Å². The Morgan fingerprint density at radius 2 is 1.52 bits per heavy atom. The zero-order valence-electron chi connectivity index (χ0n) is 15.7. The summed E-state index contributed by atoms with van der Waals surface area (Å²) in [5, 5.41) is 0. The van der Waals surface area contributed by atoms with Crippen LogP contribution in [0.5, 0.6) is 11.5 Å². The summed E-state index contributed by atoms with van der Waals surface area (Å²) < 4.78 is 10.7. The molecule has 0 aliphatic carbocycles. The van der Waals surface area contributed by atoms with Gasteiger partial charge in [-0.3, -0.25) is 4.90 Å². The molecule has 0 bridgehead atoms. The molecular weight excluding hydrogens is 312 g/mol. The Hall–Kier alpha value is -2.20. The summed E-state index contributed by atoms with van der Waals surface area (Å²) in [5.74, 6) is 1.89. The Labute approximate surface area is 151 Å². The molecule has 1 fully saturated rings. The van der Waals surface area contributed by atoms with Gasteiger partial charge in [0.05, 0.1) is 14.2 Å². The van der Waals surface area contributed by atoms with Gasteiger partial charge in [-0.15, -0.1) is 0 Å². The molecular formula is C21H28N2O2. The number of ether oxygens (including phenoxy) is 2. The Bertz CT molecular complexity index is 705. The highest BCUT2D eigenvalue weighted by Gasteiger charge is 2.18. The van der Waals surface area contributed by atoms with Gasteiger partial charge in [0, 0.05) is 38.4 Å². The third-order valence-electron chi connectivity index (χ3n) is 5.06. The van der Waals surface area contributed by atoms with Gasteiger partial charge in [-0.25, -0.2) is 0 Å². The fraction of sp³-hybridized carbons (Fsp3) is 0.429. The summed E-state index contributed by atoms with van der Waals surface area (Å²) in [7, 11) is 3.44. The highest BCUT2D eigenvalue weighted by Crippen LogP contribution is 2.25. The Morgan fingerprint density at radius 3 is 2.12 bits per heavy atom. The maximum atomic E-state index is 5.42. The van der Waals surface area contributed by atoms with Crippen LogP contribution in [0.1, 0.15) is 16.7 Å². The number of anilines is 1. The lowest BCUT2D eigenvalue weighted by atomic mass is 10.0. The Morgan fingerprint density at radius 1 is 0.840 bits per heavy atom. The SMILES string of the molecule is COc1ccc(N2CCN(Cc3cc(C)c(OC)cc3C)CC2)cc1. The standard InChI is InChI=1S/C21H28N2O2/c1-16-14-21(25-4)17(2)13-18(16)15-22-9-11-23(12-10-22)19-5-7-20(24-3)8-6-19/h5-8,13-14H,9-12,15H2,1-4H3. The average molecular weight is 340 g/mol. The number of hydrogen-bond donors (Lipinski definition) is 0. The molecule has 4 nitrogen and oxygen atoms in total. The van der Waals surface area contributed by atoms with E-state index in [0.29, 0.717) is 0 Å². The van der Waals surface area contributed by atoms with Gasteiger partial charge in [-0.05, 0) is 60.9 Å². The van der Waals surface area contributed by atoms with E-state index in [0.717, 1.165) is 44.2 Å². The molecule has 0 spiro atoms. The minimum absolute atomic E-state index is 0.910. The predicted octanol–water partition coefficient (Wildman–Crippen LogP) is 3.64. The second-order valence-electron chi connectivity index (χ2n) is 6.71. The van der Waals surface area contributed by atoms with Crippen molar-refractivity contribution >= 4 is 5.69 Å². The predicted molar refractivity (Wildman–Crippen MR) is 103 cm³/mol. The maximum Gasteiger partial charge on any atom is 0.122 e. The first-order valence-electron chi connectivity index (χ1n) is 8.86. The van der Waals surface area contributed by atoms with Crippen molar-refractivity contribution in [1.82, 2.24) is 4.90 Å². The van der Waals surface area contributed by atoms with Crippen LogP contribution >= 0.6 is 0 Å². The van der Waals surface area contributed by atoms with E-state index in [2.05, 4.69) is 47.9 Å². The summed E-state index contributed by atoms with van der Waals surface area (Å²) in [6, 6.07) is 12.8. The number of aryl methyl sites for hydroxylation is 2. The molecule has 0 radical (unpaired) electrons. The molecule has 2 aromatic rings. The molecule has 0 saturated carbocycles. The number of nitrogens with zero attached hydrogens (tertiary/aromatic N) is 2. The second kappa shape index (κ2) is 7.79. The van der Waals surface area contributed by atoms with Crippen LogP contribution in [-0.2, 0) is 6.54 Å².